The summed E-state index contributed by atoms with van der Waals surface area (Å²) >= 11 is 0. The van der Waals surface area contributed by atoms with Gasteiger partial charge in [0.25, 0.3) is 0 Å². The van der Waals surface area contributed by atoms with Crippen molar-refractivity contribution < 1.29 is 13.5 Å². The van der Waals surface area contributed by atoms with Gasteiger partial charge in [0.15, 0.2) is 0 Å². The van der Waals surface area contributed by atoms with Crippen LogP contribution in [0.4, 0.5) is 0 Å². The predicted octanol–water partition coefficient (Wildman–Crippen LogP) is 2.20. The van der Waals surface area contributed by atoms with Gasteiger partial charge in [-0.1, -0.05) is 19.9 Å². The SMILES string of the molecule is CCC(CC)N(C)S(=O)(=O)c1cccc(O)c1. The van der Waals surface area contributed by atoms with Crippen LogP contribution in [-0.2, 0) is 10.0 Å². The summed E-state index contributed by atoms with van der Waals surface area (Å²) in [7, 11) is -1.93. The lowest BCUT2D eigenvalue weighted by molar-refractivity contribution is 0.349. The lowest BCUT2D eigenvalue weighted by Gasteiger charge is -2.25. The van der Waals surface area contributed by atoms with E-state index < -0.39 is 10.0 Å². The molecule has 0 amide bonds. The highest BCUT2D eigenvalue weighted by atomic mass is 32.2. The number of phenolic OH excluding ortho intramolecular Hbond substituents is 1. The number of rotatable bonds is 5. The zero-order valence-electron chi connectivity index (χ0n) is 10.4. The Hall–Kier alpha value is -1.07. The Bertz CT molecular complexity index is 466. The largest absolute Gasteiger partial charge is 0.508 e. The van der Waals surface area contributed by atoms with E-state index in [2.05, 4.69) is 0 Å². The average molecular weight is 257 g/mol. The molecule has 0 spiro atoms. The third kappa shape index (κ3) is 2.98. The summed E-state index contributed by atoms with van der Waals surface area (Å²) in [5, 5.41) is 9.33. The van der Waals surface area contributed by atoms with Crippen LogP contribution in [0.2, 0.25) is 0 Å². The maximum atomic E-state index is 12.3. The molecule has 0 aliphatic rings. The summed E-state index contributed by atoms with van der Waals surface area (Å²) in [5.74, 6) is -0.0379. The second-order valence-electron chi connectivity index (χ2n) is 3.99. The van der Waals surface area contributed by atoms with Gasteiger partial charge in [-0.15, -0.1) is 0 Å². The molecule has 0 bridgehead atoms. The lowest BCUT2D eigenvalue weighted by atomic mass is 10.2. The van der Waals surface area contributed by atoms with Gasteiger partial charge in [0.1, 0.15) is 5.75 Å². The molecule has 0 aliphatic carbocycles. The van der Waals surface area contributed by atoms with Crippen LogP contribution in [0, 0.1) is 0 Å². The van der Waals surface area contributed by atoms with Gasteiger partial charge < -0.3 is 5.11 Å². The zero-order chi connectivity index (χ0) is 13.1. The molecular weight excluding hydrogens is 238 g/mol. The normalized spacial score (nSPS) is 12.3. The molecule has 4 nitrogen and oxygen atoms in total. The van der Waals surface area contributed by atoms with Gasteiger partial charge in [-0.2, -0.15) is 4.31 Å². The van der Waals surface area contributed by atoms with Gasteiger partial charge in [-0.3, -0.25) is 0 Å². The van der Waals surface area contributed by atoms with E-state index in [0.717, 1.165) is 12.8 Å². The molecule has 1 aromatic carbocycles. The summed E-state index contributed by atoms with van der Waals surface area (Å²) < 4.78 is 25.9. The monoisotopic (exact) mass is 257 g/mol. The van der Waals surface area contributed by atoms with Crippen LogP contribution in [0.5, 0.6) is 5.75 Å². The first-order valence-corrected chi connectivity index (χ1v) is 7.14. The predicted molar refractivity (Wildman–Crippen MR) is 67.4 cm³/mol. The average Bonchev–Trinajstić information content (AvgIpc) is 2.30. The Labute approximate surface area is 103 Å². The molecule has 0 saturated heterocycles. The van der Waals surface area contributed by atoms with Gasteiger partial charge in [0.2, 0.25) is 10.0 Å². The van der Waals surface area contributed by atoms with E-state index in [4.69, 9.17) is 0 Å². The fourth-order valence-electron chi connectivity index (χ4n) is 1.81. The summed E-state index contributed by atoms with van der Waals surface area (Å²) in [5.41, 5.74) is 0. The van der Waals surface area contributed by atoms with Crippen LogP contribution in [0.3, 0.4) is 0 Å². The van der Waals surface area contributed by atoms with Crippen molar-refractivity contribution in [3.63, 3.8) is 0 Å². The Morgan fingerprint density at radius 1 is 1.29 bits per heavy atom. The van der Waals surface area contributed by atoms with Crippen LogP contribution >= 0.6 is 0 Å². The highest BCUT2D eigenvalue weighted by Crippen LogP contribution is 2.22. The number of hydrogen-bond donors (Lipinski definition) is 1. The van der Waals surface area contributed by atoms with Crippen LogP contribution in [-0.4, -0.2) is 30.9 Å². The second kappa shape index (κ2) is 5.51. The first-order chi connectivity index (χ1) is 7.93. The molecule has 0 radical (unpaired) electrons. The minimum Gasteiger partial charge on any atom is -0.508 e. The Balaban J connectivity index is 3.11. The van der Waals surface area contributed by atoms with Gasteiger partial charge in [-0.05, 0) is 31.0 Å². The van der Waals surface area contributed by atoms with Crippen molar-refractivity contribution in [3.8, 4) is 5.75 Å². The molecule has 5 heteroatoms. The maximum Gasteiger partial charge on any atom is 0.243 e. The smallest absolute Gasteiger partial charge is 0.243 e. The van der Waals surface area contributed by atoms with Crippen LogP contribution < -0.4 is 0 Å². The summed E-state index contributed by atoms with van der Waals surface area (Å²) in [4.78, 5) is 0.131. The fourth-order valence-corrected chi connectivity index (χ4v) is 3.35. The van der Waals surface area contributed by atoms with Gasteiger partial charge >= 0.3 is 0 Å². The van der Waals surface area contributed by atoms with Crippen LogP contribution in [0.1, 0.15) is 26.7 Å². The molecule has 1 N–H and O–H groups in total. The van der Waals surface area contributed by atoms with E-state index in [1.165, 1.54) is 28.6 Å². The molecular formula is C12H19NO3S. The third-order valence-electron chi connectivity index (χ3n) is 2.95. The Kier molecular flexibility index (Phi) is 4.54. The molecule has 0 unspecified atom stereocenters. The number of sulfonamides is 1. The van der Waals surface area contributed by atoms with Crippen molar-refractivity contribution in [2.24, 2.45) is 0 Å². The summed E-state index contributed by atoms with van der Waals surface area (Å²) in [6.07, 6.45) is 1.54. The lowest BCUT2D eigenvalue weighted by Crippen LogP contribution is -2.36. The summed E-state index contributed by atoms with van der Waals surface area (Å²) in [6, 6.07) is 5.74. The number of phenols is 1. The van der Waals surface area contributed by atoms with Crippen LogP contribution in [0.15, 0.2) is 29.2 Å². The fraction of sp³-hybridized carbons (Fsp3) is 0.500. The van der Waals surface area contributed by atoms with Crippen molar-refractivity contribution in [1.29, 1.82) is 0 Å². The Morgan fingerprint density at radius 3 is 2.35 bits per heavy atom. The van der Waals surface area contributed by atoms with E-state index in [9.17, 15) is 13.5 Å². The number of aromatic hydroxyl groups is 1. The first kappa shape index (κ1) is 14.0. The molecule has 1 rings (SSSR count). The van der Waals surface area contributed by atoms with E-state index in [1.807, 2.05) is 13.8 Å². The molecule has 17 heavy (non-hydrogen) atoms. The van der Waals surface area contributed by atoms with E-state index in [-0.39, 0.29) is 16.7 Å². The van der Waals surface area contributed by atoms with Gasteiger partial charge in [-0.25, -0.2) is 8.42 Å². The topological polar surface area (TPSA) is 57.6 Å². The van der Waals surface area contributed by atoms with Crippen molar-refractivity contribution in [2.45, 2.75) is 37.6 Å². The second-order valence-corrected chi connectivity index (χ2v) is 5.99. The highest BCUT2D eigenvalue weighted by Gasteiger charge is 2.25. The van der Waals surface area contributed by atoms with E-state index in [0.29, 0.717) is 0 Å². The van der Waals surface area contributed by atoms with E-state index in [1.54, 1.807) is 7.05 Å². The quantitative estimate of drug-likeness (QED) is 0.879. The number of hydrogen-bond acceptors (Lipinski definition) is 3. The van der Waals surface area contributed by atoms with E-state index >= 15 is 0 Å². The number of benzene rings is 1. The molecule has 96 valence electrons. The highest BCUT2D eigenvalue weighted by molar-refractivity contribution is 7.89. The minimum absolute atomic E-state index is 0.0117. The standard InChI is InChI=1S/C12H19NO3S/c1-4-10(5-2)13(3)17(15,16)12-8-6-7-11(14)9-12/h6-10,14H,4-5H2,1-3H3. The molecule has 0 heterocycles. The van der Waals surface area contributed by atoms with Gasteiger partial charge in [0, 0.05) is 13.1 Å². The molecule has 0 fully saturated rings. The third-order valence-corrected chi connectivity index (χ3v) is 4.86. The molecule has 0 saturated carbocycles. The van der Waals surface area contributed by atoms with Crippen molar-refractivity contribution in [3.05, 3.63) is 24.3 Å². The van der Waals surface area contributed by atoms with Crippen molar-refractivity contribution in [2.75, 3.05) is 7.05 Å². The molecule has 0 atom stereocenters. The number of nitrogens with zero attached hydrogens (tertiary/aromatic N) is 1. The maximum absolute atomic E-state index is 12.3. The molecule has 0 aromatic heterocycles. The van der Waals surface area contributed by atoms with Crippen molar-refractivity contribution >= 4 is 10.0 Å². The van der Waals surface area contributed by atoms with Gasteiger partial charge in [0.05, 0.1) is 4.90 Å². The van der Waals surface area contributed by atoms with Crippen molar-refractivity contribution in [1.82, 2.24) is 4.31 Å². The zero-order valence-corrected chi connectivity index (χ0v) is 11.2. The molecule has 1 aromatic rings. The minimum atomic E-state index is -3.51. The first-order valence-electron chi connectivity index (χ1n) is 5.70. The molecule has 0 aliphatic heterocycles. The Morgan fingerprint density at radius 2 is 1.88 bits per heavy atom. The van der Waals surface area contributed by atoms with Crippen LogP contribution in [0.25, 0.3) is 0 Å². The summed E-state index contributed by atoms with van der Waals surface area (Å²) in [6.45, 7) is 3.92.